The largest absolute Gasteiger partial charge is 0.416 e. The third kappa shape index (κ3) is 2.69. The molecule has 22 heavy (non-hydrogen) atoms. The van der Waals surface area contributed by atoms with Crippen LogP contribution in [0.4, 0.5) is 13.2 Å². The highest BCUT2D eigenvalue weighted by molar-refractivity contribution is 5.95. The Morgan fingerprint density at radius 3 is 2.18 bits per heavy atom. The van der Waals surface area contributed by atoms with Gasteiger partial charge in [0.15, 0.2) is 0 Å². The minimum atomic E-state index is -4.36. The molecule has 0 spiro atoms. The summed E-state index contributed by atoms with van der Waals surface area (Å²) in [5.74, 6) is 0. The van der Waals surface area contributed by atoms with Gasteiger partial charge in [-0.25, -0.2) is 0 Å². The molecule has 0 bridgehead atoms. The normalized spacial score (nSPS) is 11.9. The molecule has 0 aliphatic heterocycles. The molecule has 0 atom stereocenters. The number of aromatic nitrogens is 1. The minimum Gasteiger partial charge on any atom is -0.253 e. The van der Waals surface area contributed by atoms with E-state index in [1.165, 1.54) is 12.1 Å². The van der Waals surface area contributed by atoms with Crippen molar-refractivity contribution in [1.82, 2.24) is 4.98 Å². The lowest BCUT2D eigenvalue weighted by Crippen LogP contribution is -2.04. The van der Waals surface area contributed by atoms with Crippen molar-refractivity contribution >= 4 is 10.9 Å². The number of pyridine rings is 1. The number of halogens is 3. The Hall–Kier alpha value is -2.36. The lowest BCUT2D eigenvalue weighted by atomic mass is 9.98. The van der Waals surface area contributed by atoms with Gasteiger partial charge in [0.25, 0.3) is 0 Å². The summed E-state index contributed by atoms with van der Waals surface area (Å²) in [6.45, 7) is 3.82. The molecule has 0 saturated heterocycles. The summed E-state index contributed by atoms with van der Waals surface area (Å²) < 4.78 is 38.9. The van der Waals surface area contributed by atoms with Gasteiger partial charge in [0.05, 0.1) is 11.1 Å². The molecule has 0 radical (unpaired) electrons. The summed E-state index contributed by atoms with van der Waals surface area (Å²) in [5, 5.41) is 0.518. The van der Waals surface area contributed by atoms with Crippen LogP contribution in [0.1, 0.15) is 16.8 Å². The van der Waals surface area contributed by atoms with E-state index in [0.29, 0.717) is 10.9 Å². The zero-order valence-corrected chi connectivity index (χ0v) is 12.2. The van der Waals surface area contributed by atoms with Gasteiger partial charge in [0, 0.05) is 11.1 Å². The van der Waals surface area contributed by atoms with Crippen LogP contribution in [-0.2, 0) is 6.18 Å². The van der Waals surface area contributed by atoms with E-state index in [2.05, 4.69) is 4.98 Å². The topological polar surface area (TPSA) is 12.9 Å². The van der Waals surface area contributed by atoms with E-state index in [0.717, 1.165) is 28.5 Å². The lowest BCUT2D eigenvalue weighted by Gasteiger charge is -2.12. The smallest absolute Gasteiger partial charge is 0.253 e. The Morgan fingerprint density at radius 1 is 0.864 bits per heavy atom. The Labute approximate surface area is 126 Å². The first kappa shape index (κ1) is 14.6. The maximum Gasteiger partial charge on any atom is 0.416 e. The molecule has 0 unspecified atom stereocenters. The highest BCUT2D eigenvalue weighted by atomic mass is 19.4. The number of benzene rings is 2. The van der Waals surface area contributed by atoms with Crippen molar-refractivity contribution in [2.75, 3.05) is 0 Å². The molecule has 0 fully saturated rings. The molecule has 0 amide bonds. The van der Waals surface area contributed by atoms with E-state index in [-0.39, 0.29) is 0 Å². The van der Waals surface area contributed by atoms with Crippen LogP contribution in [0, 0.1) is 13.8 Å². The fourth-order valence-corrected chi connectivity index (χ4v) is 2.51. The molecule has 112 valence electrons. The van der Waals surface area contributed by atoms with Gasteiger partial charge in [-0.2, -0.15) is 13.2 Å². The summed E-state index contributed by atoms with van der Waals surface area (Å²) in [4.78, 5) is 4.34. The lowest BCUT2D eigenvalue weighted by molar-refractivity contribution is -0.137. The van der Waals surface area contributed by atoms with E-state index in [9.17, 15) is 13.2 Å². The Morgan fingerprint density at radius 2 is 1.55 bits per heavy atom. The van der Waals surface area contributed by atoms with Crippen molar-refractivity contribution < 1.29 is 13.2 Å². The van der Waals surface area contributed by atoms with Gasteiger partial charge in [-0.3, -0.25) is 4.98 Å². The Balaban J connectivity index is 2.29. The molecule has 4 heteroatoms. The molecule has 0 aliphatic carbocycles. The van der Waals surface area contributed by atoms with Gasteiger partial charge in [-0.15, -0.1) is 0 Å². The molecule has 0 N–H and O–H groups in total. The van der Waals surface area contributed by atoms with Gasteiger partial charge in [0.1, 0.15) is 0 Å². The second-order valence-corrected chi connectivity index (χ2v) is 5.41. The van der Waals surface area contributed by atoms with Gasteiger partial charge < -0.3 is 0 Å². The van der Waals surface area contributed by atoms with Gasteiger partial charge >= 0.3 is 6.18 Å². The molecule has 2 aromatic carbocycles. The van der Waals surface area contributed by atoms with Gasteiger partial charge in [0.2, 0.25) is 0 Å². The van der Waals surface area contributed by atoms with Crippen molar-refractivity contribution in [3.05, 3.63) is 65.4 Å². The quantitative estimate of drug-likeness (QED) is 0.575. The standard InChI is InChI=1S/C18H14F3N/c1-11-3-5-13(6-4-11)15-9-12(2)22-17-8-7-14(10-16(15)17)18(19,20)21/h3-10H,1-2H3. The van der Waals surface area contributed by atoms with Crippen LogP contribution in [0.5, 0.6) is 0 Å². The fraction of sp³-hybridized carbons (Fsp3) is 0.167. The molecule has 1 nitrogen and oxygen atoms in total. The summed E-state index contributed by atoms with van der Waals surface area (Å²) >= 11 is 0. The van der Waals surface area contributed by atoms with Crippen molar-refractivity contribution in [2.45, 2.75) is 20.0 Å². The third-order valence-corrected chi connectivity index (χ3v) is 3.63. The van der Waals surface area contributed by atoms with Crippen molar-refractivity contribution in [3.8, 4) is 11.1 Å². The molecule has 0 aliphatic rings. The van der Waals surface area contributed by atoms with Crippen LogP contribution in [-0.4, -0.2) is 4.98 Å². The van der Waals surface area contributed by atoms with Crippen molar-refractivity contribution in [2.24, 2.45) is 0 Å². The van der Waals surface area contributed by atoms with Crippen molar-refractivity contribution in [3.63, 3.8) is 0 Å². The number of hydrogen-bond acceptors (Lipinski definition) is 1. The Bertz CT molecular complexity index is 833. The van der Waals surface area contributed by atoms with E-state index < -0.39 is 11.7 Å². The minimum absolute atomic E-state index is 0.518. The summed E-state index contributed by atoms with van der Waals surface area (Å²) in [6.07, 6.45) is -4.36. The fourth-order valence-electron chi connectivity index (χ4n) is 2.51. The number of rotatable bonds is 1. The van der Waals surface area contributed by atoms with E-state index >= 15 is 0 Å². The maximum atomic E-state index is 13.0. The number of fused-ring (bicyclic) bond motifs is 1. The number of nitrogens with zero attached hydrogens (tertiary/aromatic N) is 1. The average molecular weight is 301 g/mol. The zero-order chi connectivity index (χ0) is 15.9. The first-order valence-electron chi connectivity index (χ1n) is 6.90. The van der Waals surface area contributed by atoms with Crippen LogP contribution in [0.2, 0.25) is 0 Å². The predicted molar refractivity (Wildman–Crippen MR) is 81.7 cm³/mol. The highest BCUT2D eigenvalue weighted by Crippen LogP contribution is 2.35. The van der Waals surface area contributed by atoms with Crippen LogP contribution in [0.15, 0.2) is 48.5 Å². The SMILES string of the molecule is Cc1ccc(-c2cc(C)nc3ccc(C(F)(F)F)cc23)cc1. The van der Waals surface area contributed by atoms with Crippen LogP contribution in [0.25, 0.3) is 22.0 Å². The Kier molecular flexibility index (Phi) is 3.39. The second-order valence-electron chi connectivity index (χ2n) is 5.41. The summed E-state index contributed by atoms with van der Waals surface area (Å²) in [7, 11) is 0. The average Bonchev–Trinajstić information content (AvgIpc) is 2.45. The molecule has 3 rings (SSSR count). The van der Waals surface area contributed by atoms with Crippen LogP contribution in [0.3, 0.4) is 0 Å². The summed E-state index contributed by atoms with van der Waals surface area (Å²) in [6, 6.07) is 13.3. The van der Waals surface area contributed by atoms with Gasteiger partial charge in [-0.1, -0.05) is 29.8 Å². The first-order valence-corrected chi connectivity index (χ1v) is 6.90. The number of aryl methyl sites for hydroxylation is 2. The summed E-state index contributed by atoms with van der Waals surface area (Å²) in [5.41, 5.74) is 3.47. The van der Waals surface area contributed by atoms with Crippen LogP contribution >= 0.6 is 0 Å². The van der Waals surface area contributed by atoms with Gasteiger partial charge in [-0.05, 0) is 49.2 Å². The number of hydrogen-bond donors (Lipinski definition) is 0. The maximum absolute atomic E-state index is 13.0. The predicted octanol–water partition coefficient (Wildman–Crippen LogP) is 5.54. The molecule has 0 saturated carbocycles. The second kappa shape index (κ2) is 5.13. The van der Waals surface area contributed by atoms with E-state index in [1.807, 2.05) is 44.2 Å². The monoisotopic (exact) mass is 301 g/mol. The van der Waals surface area contributed by atoms with Crippen molar-refractivity contribution in [1.29, 1.82) is 0 Å². The molecule has 1 heterocycles. The van der Waals surface area contributed by atoms with E-state index in [1.54, 1.807) is 0 Å². The molecule has 3 aromatic rings. The van der Waals surface area contributed by atoms with Crippen LogP contribution < -0.4 is 0 Å². The third-order valence-electron chi connectivity index (χ3n) is 3.63. The van der Waals surface area contributed by atoms with E-state index in [4.69, 9.17) is 0 Å². The first-order chi connectivity index (χ1) is 10.3. The molecule has 1 aromatic heterocycles. The molecular weight excluding hydrogens is 287 g/mol. The molecular formula is C18H14F3N. The zero-order valence-electron chi connectivity index (χ0n) is 12.2. The number of alkyl halides is 3. The highest BCUT2D eigenvalue weighted by Gasteiger charge is 2.30.